The van der Waals surface area contributed by atoms with E-state index in [9.17, 15) is 9.90 Å². The minimum Gasteiger partial charge on any atom is -0.442 e. The van der Waals surface area contributed by atoms with Crippen LogP contribution in [-0.2, 0) is 0 Å². The minimum atomic E-state index is -0.947. The fourth-order valence-electron chi connectivity index (χ4n) is 1.81. The van der Waals surface area contributed by atoms with Crippen LogP contribution in [0.2, 0.25) is 0 Å². The molecule has 1 amide bonds. The Labute approximate surface area is 115 Å². The van der Waals surface area contributed by atoms with Gasteiger partial charge in [-0.2, -0.15) is 0 Å². The van der Waals surface area contributed by atoms with Crippen LogP contribution in [0.1, 0.15) is 24.3 Å². The molecule has 1 N–H and O–H groups in total. The van der Waals surface area contributed by atoms with Crippen molar-refractivity contribution in [1.29, 1.82) is 0 Å². The standard InChI is InChI=1S/C13H16N2O3S/c1-13(2,17)7-15(3)12(16)10-11(18-8-14-10)9-5-4-6-19-9/h4-6,8,17H,7H2,1-3H3. The molecular weight excluding hydrogens is 264 g/mol. The molecule has 0 saturated carbocycles. The van der Waals surface area contributed by atoms with E-state index in [0.29, 0.717) is 5.76 Å². The van der Waals surface area contributed by atoms with Crippen molar-refractivity contribution in [2.45, 2.75) is 19.4 Å². The van der Waals surface area contributed by atoms with E-state index in [-0.39, 0.29) is 18.1 Å². The number of aliphatic hydroxyl groups is 1. The summed E-state index contributed by atoms with van der Waals surface area (Å²) in [6.45, 7) is 3.53. The molecule has 2 aromatic rings. The maximum atomic E-state index is 12.3. The fraction of sp³-hybridized carbons (Fsp3) is 0.385. The molecule has 0 unspecified atom stereocenters. The highest BCUT2D eigenvalue weighted by Crippen LogP contribution is 2.28. The Hall–Kier alpha value is -1.66. The Morgan fingerprint density at radius 2 is 2.32 bits per heavy atom. The lowest BCUT2D eigenvalue weighted by molar-refractivity contribution is 0.0365. The van der Waals surface area contributed by atoms with Crippen LogP contribution in [0.4, 0.5) is 0 Å². The molecule has 0 aliphatic carbocycles. The zero-order valence-electron chi connectivity index (χ0n) is 11.1. The summed E-state index contributed by atoms with van der Waals surface area (Å²) in [6, 6.07) is 3.76. The molecule has 2 rings (SSSR count). The minimum absolute atomic E-state index is 0.225. The van der Waals surface area contributed by atoms with Crippen LogP contribution in [0.25, 0.3) is 10.6 Å². The Balaban J connectivity index is 2.23. The van der Waals surface area contributed by atoms with Gasteiger partial charge in [-0.15, -0.1) is 11.3 Å². The van der Waals surface area contributed by atoms with E-state index in [4.69, 9.17) is 4.42 Å². The molecule has 19 heavy (non-hydrogen) atoms. The molecule has 102 valence electrons. The summed E-state index contributed by atoms with van der Waals surface area (Å²) >= 11 is 1.48. The number of amides is 1. The molecule has 0 saturated heterocycles. The van der Waals surface area contributed by atoms with Crippen molar-refractivity contribution < 1.29 is 14.3 Å². The van der Waals surface area contributed by atoms with Crippen molar-refractivity contribution in [2.24, 2.45) is 0 Å². The molecule has 0 bridgehead atoms. The second kappa shape index (κ2) is 5.14. The van der Waals surface area contributed by atoms with Gasteiger partial charge >= 0.3 is 0 Å². The quantitative estimate of drug-likeness (QED) is 0.932. The topological polar surface area (TPSA) is 66.6 Å². The number of oxazole rings is 1. The van der Waals surface area contributed by atoms with Crippen molar-refractivity contribution in [3.05, 3.63) is 29.6 Å². The number of nitrogens with zero attached hydrogens (tertiary/aromatic N) is 2. The molecule has 0 aromatic carbocycles. The maximum absolute atomic E-state index is 12.3. The molecule has 0 aliphatic rings. The third-order valence-electron chi connectivity index (χ3n) is 2.49. The van der Waals surface area contributed by atoms with Crippen LogP contribution >= 0.6 is 11.3 Å². The first-order chi connectivity index (χ1) is 8.88. The van der Waals surface area contributed by atoms with Gasteiger partial charge in [-0.25, -0.2) is 4.98 Å². The second-order valence-electron chi connectivity index (χ2n) is 4.98. The summed E-state index contributed by atoms with van der Waals surface area (Å²) in [5, 5.41) is 11.7. The number of hydrogen-bond acceptors (Lipinski definition) is 5. The molecule has 0 aliphatic heterocycles. The highest BCUT2D eigenvalue weighted by atomic mass is 32.1. The molecule has 0 radical (unpaired) electrons. The van der Waals surface area contributed by atoms with Gasteiger partial charge in [0.1, 0.15) is 0 Å². The molecule has 0 spiro atoms. The van der Waals surface area contributed by atoms with Gasteiger partial charge in [0, 0.05) is 13.6 Å². The van der Waals surface area contributed by atoms with Crippen molar-refractivity contribution in [1.82, 2.24) is 9.88 Å². The second-order valence-corrected chi connectivity index (χ2v) is 5.93. The summed E-state index contributed by atoms with van der Waals surface area (Å²) < 4.78 is 5.30. The highest BCUT2D eigenvalue weighted by molar-refractivity contribution is 7.13. The first kappa shape index (κ1) is 13.8. The van der Waals surface area contributed by atoms with Gasteiger partial charge < -0.3 is 14.4 Å². The summed E-state index contributed by atoms with van der Waals surface area (Å²) in [4.78, 5) is 18.6. The van der Waals surface area contributed by atoms with E-state index in [2.05, 4.69) is 4.98 Å². The number of aromatic nitrogens is 1. The predicted molar refractivity (Wildman–Crippen MR) is 73.1 cm³/mol. The van der Waals surface area contributed by atoms with Gasteiger partial charge in [0.25, 0.3) is 5.91 Å². The molecule has 6 heteroatoms. The third kappa shape index (κ3) is 3.21. The Morgan fingerprint density at radius 3 is 2.89 bits per heavy atom. The Bertz CT molecular complexity index is 555. The van der Waals surface area contributed by atoms with Crippen LogP contribution in [0, 0.1) is 0 Å². The average molecular weight is 280 g/mol. The van der Waals surface area contributed by atoms with Crippen LogP contribution < -0.4 is 0 Å². The predicted octanol–water partition coefficient (Wildman–Crippen LogP) is 2.25. The summed E-state index contributed by atoms with van der Waals surface area (Å²) in [5.41, 5.74) is -0.675. The van der Waals surface area contributed by atoms with Gasteiger partial charge in [-0.3, -0.25) is 4.79 Å². The lowest BCUT2D eigenvalue weighted by Gasteiger charge is -2.25. The molecule has 2 heterocycles. The number of carbonyl (C=O) groups excluding carboxylic acids is 1. The largest absolute Gasteiger partial charge is 0.442 e. The molecule has 0 atom stereocenters. The van der Waals surface area contributed by atoms with Gasteiger partial charge in [0.2, 0.25) is 0 Å². The zero-order valence-corrected chi connectivity index (χ0v) is 11.9. The Morgan fingerprint density at radius 1 is 1.58 bits per heavy atom. The SMILES string of the molecule is CN(CC(C)(C)O)C(=O)c1ncoc1-c1cccs1. The van der Waals surface area contributed by atoms with E-state index in [1.54, 1.807) is 20.9 Å². The van der Waals surface area contributed by atoms with E-state index in [1.807, 2.05) is 17.5 Å². The first-order valence-electron chi connectivity index (χ1n) is 5.84. The molecular formula is C13H16N2O3S. The summed E-state index contributed by atoms with van der Waals surface area (Å²) in [5.74, 6) is 0.210. The number of thiophene rings is 1. The molecule has 2 aromatic heterocycles. The van der Waals surface area contributed by atoms with Crippen LogP contribution in [0.3, 0.4) is 0 Å². The van der Waals surface area contributed by atoms with Gasteiger partial charge in [0.05, 0.1) is 10.5 Å². The van der Waals surface area contributed by atoms with Crippen LogP contribution in [-0.4, -0.2) is 40.1 Å². The van der Waals surface area contributed by atoms with Crippen LogP contribution in [0.5, 0.6) is 0 Å². The number of rotatable bonds is 4. The van der Waals surface area contributed by atoms with E-state index in [1.165, 1.54) is 22.6 Å². The fourth-order valence-corrected chi connectivity index (χ4v) is 2.53. The summed E-state index contributed by atoms with van der Waals surface area (Å²) in [6.07, 6.45) is 1.26. The van der Waals surface area contributed by atoms with E-state index >= 15 is 0 Å². The van der Waals surface area contributed by atoms with Crippen molar-refractivity contribution >= 4 is 17.2 Å². The highest BCUT2D eigenvalue weighted by Gasteiger charge is 2.25. The first-order valence-corrected chi connectivity index (χ1v) is 6.71. The maximum Gasteiger partial charge on any atom is 0.276 e. The monoisotopic (exact) mass is 280 g/mol. The van der Waals surface area contributed by atoms with Gasteiger partial charge in [-0.05, 0) is 25.3 Å². The average Bonchev–Trinajstić information content (AvgIpc) is 2.96. The number of hydrogen-bond donors (Lipinski definition) is 1. The van der Waals surface area contributed by atoms with E-state index < -0.39 is 5.60 Å². The van der Waals surface area contributed by atoms with Crippen LogP contribution in [0.15, 0.2) is 28.3 Å². The lowest BCUT2D eigenvalue weighted by Crippen LogP contribution is -2.39. The number of likely N-dealkylation sites (N-methyl/N-ethyl adjacent to an activating group) is 1. The van der Waals surface area contributed by atoms with E-state index in [0.717, 1.165) is 4.88 Å². The lowest BCUT2D eigenvalue weighted by atomic mass is 10.1. The van der Waals surface area contributed by atoms with Crippen molar-refractivity contribution in [2.75, 3.05) is 13.6 Å². The Kier molecular flexibility index (Phi) is 3.73. The zero-order chi connectivity index (χ0) is 14.0. The summed E-state index contributed by atoms with van der Waals surface area (Å²) in [7, 11) is 1.63. The number of carbonyl (C=O) groups is 1. The molecule has 5 nitrogen and oxygen atoms in total. The van der Waals surface area contributed by atoms with Crippen molar-refractivity contribution in [3.8, 4) is 10.6 Å². The normalized spacial score (nSPS) is 11.6. The van der Waals surface area contributed by atoms with Crippen molar-refractivity contribution in [3.63, 3.8) is 0 Å². The smallest absolute Gasteiger partial charge is 0.276 e. The van der Waals surface area contributed by atoms with Gasteiger partial charge in [0.15, 0.2) is 17.8 Å². The molecule has 0 fully saturated rings. The van der Waals surface area contributed by atoms with Gasteiger partial charge in [-0.1, -0.05) is 6.07 Å². The third-order valence-corrected chi connectivity index (χ3v) is 3.35.